The van der Waals surface area contributed by atoms with Crippen LogP contribution in [0.3, 0.4) is 0 Å². The summed E-state index contributed by atoms with van der Waals surface area (Å²) < 4.78 is 0. The van der Waals surface area contributed by atoms with Gasteiger partial charge in [0.25, 0.3) is 0 Å². The Morgan fingerprint density at radius 1 is 1.43 bits per heavy atom. The van der Waals surface area contributed by atoms with Gasteiger partial charge in [0.2, 0.25) is 0 Å². The van der Waals surface area contributed by atoms with E-state index in [9.17, 15) is 4.79 Å². The van der Waals surface area contributed by atoms with E-state index in [0.717, 1.165) is 38.5 Å². The van der Waals surface area contributed by atoms with Gasteiger partial charge < -0.3 is 0 Å². The van der Waals surface area contributed by atoms with Crippen LogP contribution in [-0.2, 0) is 4.79 Å². The summed E-state index contributed by atoms with van der Waals surface area (Å²) >= 11 is 0. The van der Waals surface area contributed by atoms with E-state index in [-0.39, 0.29) is 0 Å². The van der Waals surface area contributed by atoms with E-state index in [0.29, 0.717) is 18.2 Å². The highest BCUT2D eigenvalue weighted by Crippen LogP contribution is 2.24. The molecule has 0 spiro atoms. The number of rotatable bonds is 5. The lowest BCUT2D eigenvalue weighted by atomic mass is 9.84. The van der Waals surface area contributed by atoms with E-state index in [1.165, 1.54) is 6.42 Å². The molecule has 1 rings (SSSR count). The van der Waals surface area contributed by atoms with Crippen LogP contribution in [0.5, 0.6) is 0 Å². The lowest BCUT2D eigenvalue weighted by molar-refractivity contribution is -0.124. The molecule has 1 aliphatic rings. The monoisotopic (exact) mass is 195 g/mol. The van der Waals surface area contributed by atoms with Crippen molar-refractivity contribution in [2.75, 3.05) is 6.54 Å². The molecular formula is C10H17N3O. The first-order valence-corrected chi connectivity index (χ1v) is 5.38. The summed E-state index contributed by atoms with van der Waals surface area (Å²) in [7, 11) is 0. The molecule has 0 aliphatic heterocycles. The third-order valence-corrected chi connectivity index (χ3v) is 2.81. The summed E-state index contributed by atoms with van der Waals surface area (Å²) in [5, 5.41) is 3.47. The topological polar surface area (TPSA) is 65.8 Å². The van der Waals surface area contributed by atoms with Crippen molar-refractivity contribution in [3.8, 4) is 0 Å². The first kappa shape index (κ1) is 11.1. The van der Waals surface area contributed by atoms with E-state index in [4.69, 9.17) is 5.53 Å². The standard InChI is InChI=1S/C10H17N3O/c11-13-12-8-4-3-6-9-5-1-2-7-10(9)14/h9H,1-8H2. The molecule has 0 saturated heterocycles. The lowest BCUT2D eigenvalue weighted by Crippen LogP contribution is -2.18. The molecule has 14 heavy (non-hydrogen) atoms. The van der Waals surface area contributed by atoms with Gasteiger partial charge in [-0.3, -0.25) is 4.79 Å². The van der Waals surface area contributed by atoms with Crippen molar-refractivity contribution in [1.82, 2.24) is 0 Å². The summed E-state index contributed by atoms with van der Waals surface area (Å²) in [6, 6.07) is 0. The van der Waals surface area contributed by atoms with Gasteiger partial charge in [0, 0.05) is 23.8 Å². The summed E-state index contributed by atoms with van der Waals surface area (Å²) in [6.07, 6.45) is 7.03. The van der Waals surface area contributed by atoms with Crippen LogP contribution in [-0.4, -0.2) is 12.3 Å². The largest absolute Gasteiger partial charge is 0.299 e. The second-order valence-electron chi connectivity index (χ2n) is 3.86. The highest BCUT2D eigenvalue weighted by Gasteiger charge is 2.20. The fourth-order valence-corrected chi connectivity index (χ4v) is 1.98. The van der Waals surface area contributed by atoms with Crippen LogP contribution in [0.2, 0.25) is 0 Å². The Kier molecular flexibility index (Phi) is 5.08. The number of hydrogen-bond donors (Lipinski definition) is 0. The minimum Gasteiger partial charge on any atom is -0.299 e. The fourth-order valence-electron chi connectivity index (χ4n) is 1.98. The molecule has 1 saturated carbocycles. The van der Waals surface area contributed by atoms with Crippen LogP contribution in [0.4, 0.5) is 0 Å². The zero-order valence-electron chi connectivity index (χ0n) is 8.48. The average Bonchev–Trinajstić information content (AvgIpc) is 2.20. The van der Waals surface area contributed by atoms with E-state index in [2.05, 4.69) is 10.0 Å². The van der Waals surface area contributed by atoms with Gasteiger partial charge in [0.1, 0.15) is 5.78 Å². The van der Waals surface area contributed by atoms with Crippen molar-refractivity contribution in [2.24, 2.45) is 11.0 Å². The Bertz CT molecular complexity index is 234. The Hall–Kier alpha value is -1.02. The molecule has 78 valence electrons. The first-order valence-electron chi connectivity index (χ1n) is 5.38. The average molecular weight is 195 g/mol. The van der Waals surface area contributed by atoms with Gasteiger partial charge in [-0.25, -0.2) is 0 Å². The molecule has 1 unspecified atom stereocenters. The maximum absolute atomic E-state index is 11.4. The van der Waals surface area contributed by atoms with E-state index >= 15 is 0 Å². The Morgan fingerprint density at radius 2 is 2.29 bits per heavy atom. The highest BCUT2D eigenvalue weighted by molar-refractivity contribution is 5.81. The van der Waals surface area contributed by atoms with Crippen molar-refractivity contribution < 1.29 is 4.79 Å². The van der Waals surface area contributed by atoms with E-state index in [1.807, 2.05) is 0 Å². The number of unbranched alkanes of at least 4 members (excludes halogenated alkanes) is 1. The van der Waals surface area contributed by atoms with E-state index in [1.54, 1.807) is 0 Å². The Morgan fingerprint density at radius 3 is 3.00 bits per heavy atom. The second kappa shape index (κ2) is 6.44. The zero-order valence-corrected chi connectivity index (χ0v) is 8.48. The first-order chi connectivity index (χ1) is 6.84. The summed E-state index contributed by atoms with van der Waals surface area (Å²) in [5.41, 5.74) is 8.06. The van der Waals surface area contributed by atoms with Gasteiger partial charge in [0.15, 0.2) is 0 Å². The van der Waals surface area contributed by atoms with Crippen LogP contribution in [0.25, 0.3) is 10.4 Å². The van der Waals surface area contributed by atoms with Crippen LogP contribution < -0.4 is 0 Å². The van der Waals surface area contributed by atoms with Crippen molar-refractivity contribution in [2.45, 2.75) is 44.9 Å². The molecule has 1 fully saturated rings. The van der Waals surface area contributed by atoms with Gasteiger partial charge in [0.05, 0.1) is 0 Å². The normalized spacial score (nSPS) is 21.7. The maximum Gasteiger partial charge on any atom is 0.135 e. The van der Waals surface area contributed by atoms with Gasteiger partial charge in [-0.05, 0) is 31.2 Å². The maximum atomic E-state index is 11.4. The lowest BCUT2D eigenvalue weighted by Gasteiger charge is -2.19. The molecule has 0 aromatic rings. The third kappa shape index (κ3) is 3.79. The van der Waals surface area contributed by atoms with Crippen molar-refractivity contribution in [3.63, 3.8) is 0 Å². The Labute approximate surface area is 84.3 Å². The molecule has 0 aromatic heterocycles. The molecule has 0 radical (unpaired) electrons. The van der Waals surface area contributed by atoms with Gasteiger partial charge >= 0.3 is 0 Å². The number of carbonyl (C=O) groups excluding carboxylic acids is 1. The van der Waals surface area contributed by atoms with Crippen LogP contribution in [0, 0.1) is 5.92 Å². The summed E-state index contributed by atoms with van der Waals surface area (Å²) in [5.74, 6) is 0.745. The predicted molar refractivity (Wildman–Crippen MR) is 54.8 cm³/mol. The van der Waals surface area contributed by atoms with Gasteiger partial charge in [-0.2, -0.15) is 0 Å². The van der Waals surface area contributed by atoms with E-state index < -0.39 is 0 Å². The Balaban J connectivity index is 2.10. The number of nitrogens with zero attached hydrogens (tertiary/aromatic N) is 3. The van der Waals surface area contributed by atoms with Crippen molar-refractivity contribution in [1.29, 1.82) is 0 Å². The predicted octanol–water partition coefficient (Wildman–Crippen LogP) is 3.23. The number of ketones is 1. The van der Waals surface area contributed by atoms with Gasteiger partial charge in [-0.15, -0.1) is 0 Å². The van der Waals surface area contributed by atoms with Crippen LogP contribution in [0.15, 0.2) is 5.11 Å². The zero-order chi connectivity index (χ0) is 10.2. The second-order valence-corrected chi connectivity index (χ2v) is 3.86. The molecule has 4 nitrogen and oxygen atoms in total. The third-order valence-electron chi connectivity index (χ3n) is 2.81. The number of azide groups is 1. The number of carbonyl (C=O) groups is 1. The molecule has 4 heteroatoms. The van der Waals surface area contributed by atoms with Crippen molar-refractivity contribution in [3.05, 3.63) is 10.4 Å². The molecular weight excluding hydrogens is 178 g/mol. The number of hydrogen-bond acceptors (Lipinski definition) is 2. The fraction of sp³-hybridized carbons (Fsp3) is 0.900. The summed E-state index contributed by atoms with van der Waals surface area (Å²) in [4.78, 5) is 14.1. The van der Waals surface area contributed by atoms with Crippen molar-refractivity contribution >= 4 is 5.78 Å². The van der Waals surface area contributed by atoms with Crippen LogP contribution in [0.1, 0.15) is 44.9 Å². The summed E-state index contributed by atoms with van der Waals surface area (Å²) in [6.45, 7) is 0.567. The molecule has 1 aliphatic carbocycles. The van der Waals surface area contributed by atoms with Crippen LogP contribution >= 0.6 is 0 Å². The molecule has 0 N–H and O–H groups in total. The SMILES string of the molecule is [N-]=[N+]=NCCCCC1CCCCC1=O. The molecule has 0 heterocycles. The van der Waals surface area contributed by atoms with Gasteiger partial charge in [-0.1, -0.05) is 18.0 Å². The molecule has 0 aromatic carbocycles. The molecule has 0 amide bonds. The molecule has 0 bridgehead atoms. The quantitative estimate of drug-likeness (QED) is 0.287. The number of Topliss-reactive ketones (excluding diaryl/α,β-unsaturated/α-hetero) is 1. The minimum absolute atomic E-state index is 0.301. The highest BCUT2D eigenvalue weighted by atomic mass is 16.1. The smallest absolute Gasteiger partial charge is 0.135 e. The minimum atomic E-state index is 0.301. The molecule has 1 atom stereocenters.